The second-order valence-corrected chi connectivity index (χ2v) is 5.62. The van der Waals surface area contributed by atoms with Crippen LogP contribution in [0.1, 0.15) is 32.3 Å². The molecule has 5 heteroatoms. The molecule has 1 saturated heterocycles. The smallest absolute Gasteiger partial charge is 0.227 e. The van der Waals surface area contributed by atoms with E-state index in [2.05, 4.69) is 18.8 Å². The van der Waals surface area contributed by atoms with Crippen molar-refractivity contribution in [2.24, 2.45) is 5.92 Å². The number of amides is 2. The third-order valence-electron chi connectivity index (χ3n) is 4.30. The molecular weight excluding hydrogens is 266 g/mol. The minimum Gasteiger partial charge on any atom is -0.367 e. The summed E-state index contributed by atoms with van der Waals surface area (Å²) in [4.78, 5) is 31.2. The van der Waals surface area contributed by atoms with Crippen molar-refractivity contribution in [2.75, 3.05) is 26.2 Å². The van der Waals surface area contributed by atoms with Crippen molar-refractivity contribution in [1.29, 1.82) is 0 Å². The summed E-state index contributed by atoms with van der Waals surface area (Å²) in [7, 11) is 0. The molecule has 0 atom stereocenters. The summed E-state index contributed by atoms with van der Waals surface area (Å²) < 4.78 is 0. The van der Waals surface area contributed by atoms with Gasteiger partial charge < -0.3 is 14.8 Å². The summed E-state index contributed by atoms with van der Waals surface area (Å²) in [6.07, 6.45) is 5.90. The monoisotopic (exact) mass is 291 g/mol. The van der Waals surface area contributed by atoms with Crippen LogP contribution in [0.5, 0.6) is 0 Å². The van der Waals surface area contributed by atoms with E-state index in [4.69, 9.17) is 0 Å². The summed E-state index contributed by atoms with van der Waals surface area (Å²) in [5.41, 5.74) is 1.01. The summed E-state index contributed by atoms with van der Waals surface area (Å²) >= 11 is 0. The molecule has 1 N–H and O–H groups in total. The van der Waals surface area contributed by atoms with Crippen molar-refractivity contribution < 1.29 is 9.59 Å². The Labute approximate surface area is 126 Å². The molecule has 1 aromatic heterocycles. The highest BCUT2D eigenvalue weighted by Crippen LogP contribution is 2.14. The van der Waals surface area contributed by atoms with Gasteiger partial charge in [-0.15, -0.1) is 0 Å². The van der Waals surface area contributed by atoms with Crippen LogP contribution in [0.15, 0.2) is 18.5 Å². The molecule has 1 fully saturated rings. The van der Waals surface area contributed by atoms with E-state index in [1.165, 1.54) is 0 Å². The number of aromatic nitrogens is 1. The van der Waals surface area contributed by atoms with E-state index in [-0.39, 0.29) is 17.7 Å². The molecule has 1 aliphatic rings. The van der Waals surface area contributed by atoms with Crippen molar-refractivity contribution >= 4 is 11.8 Å². The van der Waals surface area contributed by atoms with Gasteiger partial charge in [0.1, 0.15) is 0 Å². The predicted molar refractivity (Wildman–Crippen MR) is 81.7 cm³/mol. The second-order valence-electron chi connectivity index (χ2n) is 5.62. The quantitative estimate of drug-likeness (QED) is 0.897. The van der Waals surface area contributed by atoms with Crippen LogP contribution in [-0.2, 0) is 16.0 Å². The minimum atomic E-state index is 0.132. The Bertz CT molecular complexity index is 458. The van der Waals surface area contributed by atoms with Crippen LogP contribution in [-0.4, -0.2) is 52.8 Å². The van der Waals surface area contributed by atoms with Gasteiger partial charge in [0.15, 0.2) is 0 Å². The first-order chi connectivity index (χ1) is 10.2. The molecule has 0 aromatic carbocycles. The highest BCUT2D eigenvalue weighted by molar-refractivity contribution is 5.81. The zero-order valence-corrected chi connectivity index (χ0v) is 13.0. The third-order valence-corrected chi connectivity index (χ3v) is 4.30. The molecule has 0 spiro atoms. The lowest BCUT2D eigenvalue weighted by molar-refractivity contribution is -0.142. The van der Waals surface area contributed by atoms with E-state index in [0.29, 0.717) is 32.6 Å². The fourth-order valence-corrected chi connectivity index (χ4v) is 2.83. The first kappa shape index (κ1) is 15.6. The molecule has 116 valence electrons. The van der Waals surface area contributed by atoms with E-state index >= 15 is 0 Å². The molecule has 2 rings (SSSR count). The Morgan fingerprint density at radius 2 is 1.76 bits per heavy atom. The lowest BCUT2D eigenvalue weighted by atomic mass is 10.0. The Kier molecular flexibility index (Phi) is 5.42. The Morgan fingerprint density at radius 1 is 1.14 bits per heavy atom. The summed E-state index contributed by atoms with van der Waals surface area (Å²) in [6, 6.07) is 1.92. The third kappa shape index (κ3) is 3.86. The van der Waals surface area contributed by atoms with E-state index in [1.54, 1.807) is 0 Å². The van der Waals surface area contributed by atoms with Crippen LogP contribution in [0.25, 0.3) is 0 Å². The Morgan fingerprint density at radius 3 is 2.29 bits per heavy atom. The number of carbonyl (C=O) groups excluding carboxylic acids is 2. The van der Waals surface area contributed by atoms with Crippen molar-refractivity contribution in [3.8, 4) is 0 Å². The maximum absolute atomic E-state index is 12.3. The van der Waals surface area contributed by atoms with Gasteiger partial charge >= 0.3 is 0 Å². The zero-order chi connectivity index (χ0) is 15.2. The minimum absolute atomic E-state index is 0.132. The van der Waals surface area contributed by atoms with Crippen molar-refractivity contribution in [3.63, 3.8) is 0 Å². The number of rotatable bonds is 5. The maximum atomic E-state index is 12.3. The molecule has 2 heterocycles. The van der Waals surface area contributed by atoms with Crippen molar-refractivity contribution in [2.45, 2.75) is 33.1 Å². The topological polar surface area (TPSA) is 56.4 Å². The van der Waals surface area contributed by atoms with Crippen LogP contribution in [0.4, 0.5) is 0 Å². The molecule has 1 aromatic rings. The average molecular weight is 291 g/mol. The molecule has 5 nitrogen and oxygen atoms in total. The zero-order valence-electron chi connectivity index (χ0n) is 13.0. The molecule has 2 amide bonds. The lowest BCUT2D eigenvalue weighted by Gasteiger charge is -2.36. The molecule has 0 aliphatic carbocycles. The molecular formula is C16H25N3O2. The summed E-state index contributed by atoms with van der Waals surface area (Å²) in [6.45, 7) is 6.73. The standard InChI is InChI=1S/C16H25N3O2/c1-3-14(4-2)16(21)19-9-7-18(8-10-19)15(20)11-13-5-6-17-12-13/h5-6,12,14,17H,3-4,7-11H2,1-2H3. The second kappa shape index (κ2) is 7.29. The van der Waals surface area contributed by atoms with Crippen LogP contribution in [0, 0.1) is 5.92 Å². The van der Waals surface area contributed by atoms with Gasteiger partial charge in [0.2, 0.25) is 11.8 Å². The van der Waals surface area contributed by atoms with Crippen molar-refractivity contribution in [1.82, 2.24) is 14.8 Å². The highest BCUT2D eigenvalue weighted by Gasteiger charge is 2.27. The summed E-state index contributed by atoms with van der Waals surface area (Å²) in [5.74, 6) is 0.522. The number of nitrogens with zero attached hydrogens (tertiary/aromatic N) is 2. The van der Waals surface area contributed by atoms with Gasteiger partial charge in [0.25, 0.3) is 0 Å². The molecule has 0 radical (unpaired) electrons. The first-order valence-corrected chi connectivity index (χ1v) is 7.83. The number of hydrogen-bond donors (Lipinski definition) is 1. The van der Waals surface area contributed by atoms with Crippen molar-refractivity contribution in [3.05, 3.63) is 24.0 Å². The molecule has 1 aliphatic heterocycles. The van der Waals surface area contributed by atoms with Crippen LogP contribution < -0.4 is 0 Å². The van der Waals surface area contributed by atoms with E-state index < -0.39 is 0 Å². The number of aromatic amines is 1. The first-order valence-electron chi connectivity index (χ1n) is 7.83. The highest BCUT2D eigenvalue weighted by atomic mass is 16.2. The van der Waals surface area contributed by atoms with Gasteiger partial charge in [-0.2, -0.15) is 0 Å². The Hall–Kier alpha value is -1.78. The van der Waals surface area contributed by atoms with Gasteiger partial charge in [0.05, 0.1) is 6.42 Å². The largest absolute Gasteiger partial charge is 0.367 e. The predicted octanol–water partition coefficient (Wildman–Crippen LogP) is 1.66. The van der Waals surface area contributed by atoms with Crippen LogP contribution >= 0.6 is 0 Å². The number of piperazine rings is 1. The lowest BCUT2D eigenvalue weighted by Crippen LogP contribution is -2.52. The average Bonchev–Trinajstić information content (AvgIpc) is 3.01. The number of H-pyrrole nitrogens is 1. The van der Waals surface area contributed by atoms with E-state index in [0.717, 1.165) is 18.4 Å². The van der Waals surface area contributed by atoms with Crippen LogP contribution in [0.3, 0.4) is 0 Å². The Balaban J connectivity index is 1.82. The number of carbonyl (C=O) groups is 2. The molecule has 0 bridgehead atoms. The van der Waals surface area contributed by atoms with Gasteiger partial charge in [-0.05, 0) is 24.5 Å². The number of hydrogen-bond acceptors (Lipinski definition) is 2. The van der Waals surface area contributed by atoms with E-state index in [1.807, 2.05) is 28.3 Å². The van der Waals surface area contributed by atoms with Gasteiger partial charge in [-0.25, -0.2) is 0 Å². The van der Waals surface area contributed by atoms with Gasteiger partial charge in [0, 0.05) is 44.5 Å². The summed E-state index contributed by atoms with van der Waals surface area (Å²) in [5, 5.41) is 0. The van der Waals surface area contributed by atoms with E-state index in [9.17, 15) is 9.59 Å². The van der Waals surface area contributed by atoms with Crippen LogP contribution in [0.2, 0.25) is 0 Å². The molecule has 0 unspecified atom stereocenters. The molecule has 21 heavy (non-hydrogen) atoms. The fourth-order valence-electron chi connectivity index (χ4n) is 2.83. The van der Waals surface area contributed by atoms with Gasteiger partial charge in [-0.3, -0.25) is 9.59 Å². The molecule has 0 saturated carbocycles. The number of nitrogens with one attached hydrogen (secondary N) is 1. The SMILES string of the molecule is CCC(CC)C(=O)N1CCN(C(=O)Cc2cc[nH]c2)CC1. The maximum Gasteiger partial charge on any atom is 0.227 e. The normalized spacial score (nSPS) is 15.6. The van der Waals surface area contributed by atoms with Gasteiger partial charge in [-0.1, -0.05) is 13.8 Å². The fraction of sp³-hybridized carbons (Fsp3) is 0.625.